The molecule has 5 heteroatoms. The number of benzene rings is 2. The number of nitrogens with zero attached hydrogens (tertiary/aromatic N) is 1. The fraction of sp³-hybridized carbons (Fsp3) is 0.238. The van der Waals surface area contributed by atoms with E-state index in [1.54, 1.807) is 30.5 Å². The summed E-state index contributed by atoms with van der Waals surface area (Å²) in [7, 11) is 0. The molecule has 5 nitrogen and oxygen atoms in total. The highest BCUT2D eigenvalue weighted by Crippen LogP contribution is 2.26. The zero-order valence-corrected chi connectivity index (χ0v) is 14.7. The molecule has 0 saturated carbocycles. The molecule has 0 aliphatic heterocycles. The lowest BCUT2D eigenvalue weighted by Crippen LogP contribution is -2.13. The van der Waals surface area contributed by atoms with Gasteiger partial charge in [-0.3, -0.25) is 4.79 Å². The highest BCUT2D eigenvalue weighted by atomic mass is 16.6. The lowest BCUT2D eigenvalue weighted by molar-refractivity contribution is -0.143. The summed E-state index contributed by atoms with van der Waals surface area (Å²) in [4.78, 5) is 12.0. The number of fused-ring (bicyclic) bond motifs is 1. The van der Waals surface area contributed by atoms with Crippen molar-refractivity contribution in [1.29, 1.82) is 5.26 Å². The molecule has 0 N–H and O–H groups in total. The van der Waals surface area contributed by atoms with E-state index in [0.29, 0.717) is 11.3 Å². The van der Waals surface area contributed by atoms with Gasteiger partial charge in [-0.2, -0.15) is 5.26 Å². The van der Waals surface area contributed by atoms with Gasteiger partial charge in [-0.15, -0.1) is 0 Å². The summed E-state index contributed by atoms with van der Waals surface area (Å²) in [5.74, 6) is 0.307. The number of nitriles is 1. The molecule has 0 unspecified atom stereocenters. The third kappa shape index (κ3) is 3.86. The zero-order chi connectivity index (χ0) is 18.5. The minimum Gasteiger partial charge on any atom is -0.490 e. The SMILES string of the molecule is Cc1ccc2c(CC(=O)OCCOc3ccc(C#N)cc3)coc2c1C. The summed E-state index contributed by atoms with van der Waals surface area (Å²) in [5, 5.41) is 9.69. The van der Waals surface area contributed by atoms with Crippen molar-refractivity contribution in [3.63, 3.8) is 0 Å². The van der Waals surface area contributed by atoms with Crippen molar-refractivity contribution in [2.24, 2.45) is 0 Å². The molecule has 0 spiro atoms. The van der Waals surface area contributed by atoms with Crippen LogP contribution in [-0.2, 0) is 16.0 Å². The third-order valence-corrected chi connectivity index (χ3v) is 4.28. The Balaban J connectivity index is 1.50. The molecule has 0 atom stereocenters. The second-order valence-electron chi connectivity index (χ2n) is 6.03. The minimum atomic E-state index is -0.325. The van der Waals surface area contributed by atoms with Crippen LogP contribution in [0.4, 0.5) is 0 Å². The highest BCUT2D eigenvalue weighted by Gasteiger charge is 2.13. The summed E-state index contributed by atoms with van der Waals surface area (Å²) >= 11 is 0. The van der Waals surface area contributed by atoms with Crippen LogP contribution in [0, 0.1) is 25.2 Å². The summed E-state index contributed by atoms with van der Waals surface area (Å²) < 4.78 is 16.3. The number of ether oxygens (including phenoxy) is 2. The van der Waals surface area contributed by atoms with Gasteiger partial charge in [-0.1, -0.05) is 12.1 Å². The highest BCUT2D eigenvalue weighted by molar-refractivity contribution is 5.88. The molecule has 0 bridgehead atoms. The fourth-order valence-electron chi connectivity index (χ4n) is 2.67. The van der Waals surface area contributed by atoms with Gasteiger partial charge in [-0.25, -0.2) is 0 Å². The van der Waals surface area contributed by atoms with Crippen LogP contribution >= 0.6 is 0 Å². The van der Waals surface area contributed by atoms with E-state index >= 15 is 0 Å². The molecule has 1 heterocycles. The number of furan rings is 1. The average Bonchev–Trinajstić information content (AvgIpc) is 3.05. The van der Waals surface area contributed by atoms with E-state index in [-0.39, 0.29) is 25.6 Å². The maximum absolute atomic E-state index is 12.0. The summed E-state index contributed by atoms with van der Waals surface area (Å²) in [6, 6.07) is 12.8. The molecule has 0 aliphatic carbocycles. The monoisotopic (exact) mass is 349 g/mol. The first-order chi connectivity index (χ1) is 12.6. The Morgan fingerprint density at radius 2 is 1.88 bits per heavy atom. The smallest absolute Gasteiger partial charge is 0.310 e. The van der Waals surface area contributed by atoms with Crippen LogP contribution in [-0.4, -0.2) is 19.2 Å². The van der Waals surface area contributed by atoms with Gasteiger partial charge >= 0.3 is 5.97 Å². The van der Waals surface area contributed by atoms with Crippen LogP contribution in [0.3, 0.4) is 0 Å². The van der Waals surface area contributed by atoms with Crippen molar-refractivity contribution in [2.45, 2.75) is 20.3 Å². The summed E-state index contributed by atoms with van der Waals surface area (Å²) in [6.07, 6.45) is 1.78. The predicted octanol–water partition coefficient (Wildman–Crippen LogP) is 4.09. The largest absolute Gasteiger partial charge is 0.490 e. The second kappa shape index (κ2) is 7.75. The molecule has 26 heavy (non-hydrogen) atoms. The molecule has 0 radical (unpaired) electrons. The first-order valence-corrected chi connectivity index (χ1v) is 8.33. The molecule has 0 amide bonds. The van der Waals surface area contributed by atoms with Gasteiger partial charge in [0.2, 0.25) is 0 Å². The Morgan fingerprint density at radius 1 is 1.12 bits per heavy atom. The van der Waals surface area contributed by atoms with Crippen LogP contribution < -0.4 is 4.74 Å². The van der Waals surface area contributed by atoms with Crippen LogP contribution in [0.25, 0.3) is 11.0 Å². The van der Waals surface area contributed by atoms with Gasteiger partial charge < -0.3 is 13.9 Å². The van der Waals surface area contributed by atoms with Crippen molar-refractivity contribution in [1.82, 2.24) is 0 Å². The number of hydrogen-bond donors (Lipinski definition) is 0. The number of esters is 1. The van der Waals surface area contributed by atoms with E-state index in [1.807, 2.05) is 32.0 Å². The normalized spacial score (nSPS) is 10.5. The quantitative estimate of drug-likeness (QED) is 0.495. The summed E-state index contributed by atoms with van der Waals surface area (Å²) in [5.41, 5.74) is 4.44. The number of carbonyl (C=O) groups is 1. The van der Waals surface area contributed by atoms with Crippen molar-refractivity contribution in [2.75, 3.05) is 13.2 Å². The van der Waals surface area contributed by atoms with E-state index in [0.717, 1.165) is 27.7 Å². The molecule has 0 fully saturated rings. The third-order valence-electron chi connectivity index (χ3n) is 4.28. The van der Waals surface area contributed by atoms with Crippen LogP contribution in [0.15, 0.2) is 47.1 Å². The lowest BCUT2D eigenvalue weighted by Gasteiger charge is -2.07. The molecule has 0 saturated heterocycles. The van der Waals surface area contributed by atoms with Gasteiger partial charge in [0, 0.05) is 10.9 Å². The van der Waals surface area contributed by atoms with E-state index in [4.69, 9.17) is 19.2 Å². The zero-order valence-electron chi connectivity index (χ0n) is 14.7. The number of carbonyl (C=O) groups excluding carboxylic acids is 1. The molecular formula is C21H19NO4. The number of aryl methyl sites for hydroxylation is 2. The van der Waals surface area contributed by atoms with Crippen LogP contribution in [0.2, 0.25) is 0 Å². The lowest BCUT2D eigenvalue weighted by atomic mass is 10.0. The van der Waals surface area contributed by atoms with Gasteiger partial charge in [0.1, 0.15) is 24.5 Å². The average molecular weight is 349 g/mol. The van der Waals surface area contributed by atoms with Gasteiger partial charge in [0.05, 0.1) is 24.3 Å². The predicted molar refractivity (Wildman–Crippen MR) is 97.0 cm³/mol. The molecule has 3 aromatic rings. The Hall–Kier alpha value is -3.26. The molecule has 2 aromatic carbocycles. The van der Waals surface area contributed by atoms with Crippen molar-refractivity contribution in [3.8, 4) is 11.8 Å². The van der Waals surface area contributed by atoms with E-state index in [9.17, 15) is 4.79 Å². The van der Waals surface area contributed by atoms with Crippen molar-refractivity contribution in [3.05, 3.63) is 64.9 Å². The standard InChI is InChI=1S/C21H19NO4/c1-14-3-8-19-17(13-26-21(19)15(14)2)11-20(23)25-10-9-24-18-6-4-16(12-22)5-7-18/h3-8,13H,9-11H2,1-2H3. The Bertz CT molecular complexity index is 964. The Kier molecular flexibility index (Phi) is 5.23. The van der Waals surface area contributed by atoms with Crippen LogP contribution in [0.5, 0.6) is 5.75 Å². The van der Waals surface area contributed by atoms with Gasteiger partial charge in [0.25, 0.3) is 0 Å². The Morgan fingerprint density at radius 3 is 2.62 bits per heavy atom. The fourth-order valence-corrected chi connectivity index (χ4v) is 2.67. The minimum absolute atomic E-state index is 0.159. The topological polar surface area (TPSA) is 72.5 Å². The number of rotatable bonds is 6. The Labute approximate surface area is 151 Å². The van der Waals surface area contributed by atoms with E-state index < -0.39 is 0 Å². The first kappa shape index (κ1) is 17.6. The van der Waals surface area contributed by atoms with E-state index in [2.05, 4.69) is 0 Å². The molecule has 3 rings (SSSR count). The van der Waals surface area contributed by atoms with Gasteiger partial charge in [0.15, 0.2) is 0 Å². The second-order valence-corrected chi connectivity index (χ2v) is 6.03. The van der Waals surface area contributed by atoms with Crippen molar-refractivity contribution < 1.29 is 18.7 Å². The molecule has 0 aliphatic rings. The van der Waals surface area contributed by atoms with Crippen LogP contribution in [0.1, 0.15) is 22.3 Å². The maximum atomic E-state index is 12.0. The van der Waals surface area contributed by atoms with E-state index in [1.165, 1.54) is 0 Å². The van der Waals surface area contributed by atoms with Gasteiger partial charge in [-0.05, 0) is 49.2 Å². The maximum Gasteiger partial charge on any atom is 0.310 e. The molecule has 1 aromatic heterocycles. The first-order valence-electron chi connectivity index (χ1n) is 8.33. The van der Waals surface area contributed by atoms with Crippen molar-refractivity contribution >= 4 is 16.9 Å². The molecule has 132 valence electrons. The molecular weight excluding hydrogens is 330 g/mol. The summed E-state index contributed by atoms with van der Waals surface area (Å²) in [6.45, 7) is 4.44. The number of hydrogen-bond acceptors (Lipinski definition) is 5.